The zero-order valence-corrected chi connectivity index (χ0v) is 19.3. The molecule has 1 aliphatic rings. The van der Waals surface area contributed by atoms with Gasteiger partial charge in [0.25, 0.3) is 0 Å². The lowest BCUT2D eigenvalue weighted by Gasteiger charge is -2.25. The van der Waals surface area contributed by atoms with Crippen LogP contribution in [0.3, 0.4) is 0 Å². The third-order valence-corrected chi connectivity index (χ3v) is 6.44. The average molecular weight is 401 g/mol. The van der Waals surface area contributed by atoms with E-state index in [0.717, 1.165) is 48.8 Å². The van der Waals surface area contributed by atoms with Gasteiger partial charge in [0.1, 0.15) is 11.5 Å². The van der Waals surface area contributed by atoms with Crippen molar-refractivity contribution < 1.29 is 4.74 Å². The molecule has 0 fully saturated rings. The topological polar surface area (TPSA) is 9.23 Å². The second-order valence-corrected chi connectivity index (χ2v) is 8.62. The summed E-state index contributed by atoms with van der Waals surface area (Å²) in [7, 11) is 0. The molecule has 0 aromatic heterocycles. The van der Waals surface area contributed by atoms with Crippen molar-refractivity contribution in [1.29, 1.82) is 0 Å². The van der Waals surface area contributed by atoms with E-state index in [1.54, 1.807) is 0 Å². The number of hydrogen-bond donors (Lipinski definition) is 0. The van der Waals surface area contributed by atoms with Crippen molar-refractivity contribution in [1.82, 2.24) is 0 Å². The first kappa shape index (κ1) is 22.2. The summed E-state index contributed by atoms with van der Waals surface area (Å²) in [4.78, 5) is 0. The molecule has 1 heterocycles. The van der Waals surface area contributed by atoms with Crippen LogP contribution >= 0.6 is 0 Å². The third kappa shape index (κ3) is 4.49. The van der Waals surface area contributed by atoms with Gasteiger partial charge in [0.05, 0.1) is 0 Å². The summed E-state index contributed by atoms with van der Waals surface area (Å²) in [6.45, 7) is 13.3. The second-order valence-electron chi connectivity index (χ2n) is 8.62. The number of hydrogen-bond acceptors (Lipinski definition) is 1. The van der Waals surface area contributed by atoms with Crippen molar-refractivity contribution in [2.45, 2.75) is 85.5 Å². The van der Waals surface area contributed by atoms with Crippen LogP contribution in [0.15, 0.2) is 18.2 Å². The van der Waals surface area contributed by atoms with E-state index in [1.165, 1.54) is 64.3 Å². The molecule has 0 saturated carbocycles. The summed E-state index contributed by atoms with van der Waals surface area (Å²) in [6.07, 6.45) is 15.3. The van der Waals surface area contributed by atoms with Gasteiger partial charge in [-0.15, -0.1) is 12.3 Å². The van der Waals surface area contributed by atoms with Gasteiger partial charge in [0, 0.05) is 17.2 Å². The van der Waals surface area contributed by atoms with E-state index in [0.29, 0.717) is 0 Å². The van der Waals surface area contributed by atoms with E-state index in [-0.39, 0.29) is 0 Å². The molecule has 2 aromatic carbocycles. The first-order valence-corrected chi connectivity index (χ1v) is 11.6. The number of benzene rings is 2. The van der Waals surface area contributed by atoms with Gasteiger partial charge in [-0.3, -0.25) is 0 Å². The summed E-state index contributed by atoms with van der Waals surface area (Å²) in [6, 6.07) is 6.83. The second kappa shape index (κ2) is 10.0. The van der Waals surface area contributed by atoms with Gasteiger partial charge in [0.15, 0.2) is 0 Å². The maximum absolute atomic E-state index is 6.58. The quantitative estimate of drug-likeness (QED) is 0.351. The van der Waals surface area contributed by atoms with Crippen molar-refractivity contribution >= 4 is 12.2 Å². The fourth-order valence-electron chi connectivity index (χ4n) is 4.46. The maximum atomic E-state index is 6.58. The first-order chi connectivity index (χ1) is 14.5. The van der Waals surface area contributed by atoms with Crippen LogP contribution in [0, 0.1) is 19.3 Å². The number of aryl methyl sites for hydroxylation is 2. The Morgan fingerprint density at radius 2 is 1.63 bits per heavy atom. The van der Waals surface area contributed by atoms with Crippen LogP contribution in [0.5, 0.6) is 11.5 Å². The summed E-state index contributed by atoms with van der Waals surface area (Å²) >= 11 is 0. The van der Waals surface area contributed by atoms with Gasteiger partial charge in [-0.1, -0.05) is 33.3 Å². The molecule has 1 nitrogen and oxygen atoms in total. The minimum atomic E-state index is 0.802. The van der Waals surface area contributed by atoms with Gasteiger partial charge < -0.3 is 4.74 Å². The van der Waals surface area contributed by atoms with Crippen molar-refractivity contribution in [3.8, 4) is 23.8 Å². The highest BCUT2D eigenvalue weighted by molar-refractivity contribution is 5.76. The van der Waals surface area contributed by atoms with E-state index in [1.807, 2.05) is 0 Å². The van der Waals surface area contributed by atoms with Gasteiger partial charge in [0.2, 0.25) is 0 Å². The molecule has 0 amide bonds. The fraction of sp³-hybridized carbons (Fsp3) is 0.448. The summed E-state index contributed by atoms with van der Waals surface area (Å²) in [5.41, 5.74) is 8.09. The lowest BCUT2D eigenvalue weighted by atomic mass is 9.87. The van der Waals surface area contributed by atoms with Gasteiger partial charge >= 0.3 is 0 Å². The van der Waals surface area contributed by atoms with Crippen molar-refractivity contribution in [3.63, 3.8) is 0 Å². The summed E-state index contributed by atoms with van der Waals surface area (Å²) < 4.78 is 6.58. The molecule has 1 heteroatoms. The van der Waals surface area contributed by atoms with Crippen molar-refractivity contribution in [2.24, 2.45) is 0 Å². The molecular weight excluding hydrogens is 364 g/mol. The van der Waals surface area contributed by atoms with Crippen LogP contribution in [0.4, 0.5) is 0 Å². The number of ether oxygens (including phenoxy) is 1. The highest BCUT2D eigenvalue weighted by Crippen LogP contribution is 2.39. The Labute approximate surface area is 182 Å². The Hall–Kier alpha value is -2.46. The SMILES string of the molecule is C#CCCCc1c(C)c(CCCC)cc2c1Oc1cc(=C)c(CCCC)cc1=C2C. The number of fused-ring (bicyclic) bond motifs is 2. The molecule has 0 spiro atoms. The Bertz CT molecular complexity index is 1070. The predicted molar refractivity (Wildman–Crippen MR) is 130 cm³/mol. The maximum Gasteiger partial charge on any atom is 0.138 e. The molecule has 0 N–H and O–H groups in total. The van der Waals surface area contributed by atoms with Gasteiger partial charge in [-0.25, -0.2) is 0 Å². The smallest absolute Gasteiger partial charge is 0.138 e. The van der Waals surface area contributed by atoms with E-state index in [2.05, 4.69) is 58.4 Å². The lowest BCUT2D eigenvalue weighted by Crippen LogP contribution is -2.22. The molecular formula is C29H36O. The molecule has 0 bridgehead atoms. The minimum Gasteiger partial charge on any atom is -0.456 e. The lowest BCUT2D eigenvalue weighted by molar-refractivity contribution is 0.463. The van der Waals surface area contributed by atoms with Crippen molar-refractivity contribution in [3.05, 3.63) is 56.5 Å². The average Bonchev–Trinajstić information content (AvgIpc) is 2.73. The Morgan fingerprint density at radius 1 is 0.933 bits per heavy atom. The molecule has 0 unspecified atom stereocenters. The van der Waals surface area contributed by atoms with Crippen LogP contribution in [0.25, 0.3) is 12.2 Å². The molecule has 2 aromatic rings. The minimum absolute atomic E-state index is 0.802. The standard InChI is InChI=1S/C29H36O/c1-7-10-13-16-25-21(5)24(15-12-9-3)19-27-22(6)26-18-23(14-11-8-2)20(4)17-28(26)30-29(25)27/h1,17-19H,4,8-16H2,2-3,5-6H3. The van der Waals surface area contributed by atoms with E-state index < -0.39 is 0 Å². The molecule has 0 aliphatic carbocycles. The molecule has 0 saturated heterocycles. The predicted octanol–water partition coefficient (Wildman–Crippen LogP) is 6.37. The van der Waals surface area contributed by atoms with Crippen LogP contribution in [0.1, 0.15) is 87.1 Å². The molecule has 3 rings (SSSR count). The van der Waals surface area contributed by atoms with Crippen LogP contribution < -0.4 is 15.2 Å². The fourth-order valence-corrected chi connectivity index (χ4v) is 4.46. The molecule has 1 aliphatic heterocycles. The summed E-state index contributed by atoms with van der Waals surface area (Å²) in [5.74, 6) is 4.77. The molecule has 0 atom stereocenters. The third-order valence-electron chi connectivity index (χ3n) is 6.44. The molecule has 30 heavy (non-hydrogen) atoms. The highest BCUT2D eigenvalue weighted by atomic mass is 16.5. The van der Waals surface area contributed by atoms with Crippen LogP contribution in [-0.4, -0.2) is 0 Å². The van der Waals surface area contributed by atoms with Gasteiger partial charge in [-0.05, 0) is 104 Å². The first-order valence-electron chi connectivity index (χ1n) is 11.6. The van der Waals surface area contributed by atoms with E-state index in [4.69, 9.17) is 11.2 Å². The normalized spacial score (nSPS) is 12.2. The van der Waals surface area contributed by atoms with E-state index in [9.17, 15) is 0 Å². The number of rotatable bonds is 9. The Kier molecular flexibility index (Phi) is 7.43. The zero-order valence-electron chi connectivity index (χ0n) is 19.3. The van der Waals surface area contributed by atoms with Crippen LogP contribution in [0.2, 0.25) is 0 Å². The summed E-state index contributed by atoms with van der Waals surface area (Å²) in [5, 5.41) is 2.31. The number of terminal acetylenes is 1. The zero-order chi connectivity index (χ0) is 21.7. The highest BCUT2D eigenvalue weighted by Gasteiger charge is 2.23. The largest absolute Gasteiger partial charge is 0.456 e. The Morgan fingerprint density at radius 3 is 2.30 bits per heavy atom. The van der Waals surface area contributed by atoms with Crippen LogP contribution in [-0.2, 0) is 19.3 Å². The van der Waals surface area contributed by atoms with Gasteiger partial charge in [-0.2, -0.15) is 0 Å². The number of unbranched alkanes of at least 4 members (excludes halogenated alkanes) is 3. The monoisotopic (exact) mass is 400 g/mol. The van der Waals surface area contributed by atoms with E-state index >= 15 is 0 Å². The Balaban J connectivity index is 2.17. The molecule has 158 valence electrons. The molecule has 0 radical (unpaired) electrons. The van der Waals surface area contributed by atoms with Crippen molar-refractivity contribution in [2.75, 3.05) is 0 Å².